The maximum atomic E-state index is 9.73. The van der Waals surface area contributed by atoms with Crippen molar-refractivity contribution in [3.63, 3.8) is 0 Å². The van der Waals surface area contributed by atoms with Crippen molar-refractivity contribution in [1.82, 2.24) is 9.78 Å². The Balaban J connectivity index is 2.32. The molecule has 0 radical (unpaired) electrons. The first kappa shape index (κ1) is 15.2. The van der Waals surface area contributed by atoms with Gasteiger partial charge in [-0.1, -0.05) is 6.07 Å². The van der Waals surface area contributed by atoms with Gasteiger partial charge in [0.05, 0.1) is 38.1 Å². The van der Waals surface area contributed by atoms with Gasteiger partial charge in [0.1, 0.15) is 5.75 Å². The fourth-order valence-corrected chi connectivity index (χ4v) is 2.42. The topological polar surface area (TPSA) is 68.5 Å². The molecule has 21 heavy (non-hydrogen) atoms. The number of ether oxygens (including phenoxy) is 2. The molecular formula is C15H21N3O3. The summed E-state index contributed by atoms with van der Waals surface area (Å²) in [4.78, 5) is 0. The van der Waals surface area contributed by atoms with Crippen molar-refractivity contribution in [2.75, 3.05) is 26.1 Å². The van der Waals surface area contributed by atoms with Crippen molar-refractivity contribution in [3.05, 3.63) is 35.5 Å². The fraction of sp³-hybridized carbons (Fsp3) is 0.400. The summed E-state index contributed by atoms with van der Waals surface area (Å²) in [5.74, 6) is 1.40. The molecule has 1 unspecified atom stereocenters. The van der Waals surface area contributed by atoms with Crippen LogP contribution in [0.3, 0.4) is 0 Å². The van der Waals surface area contributed by atoms with Crippen molar-refractivity contribution >= 4 is 5.69 Å². The Morgan fingerprint density at radius 1 is 1.33 bits per heavy atom. The van der Waals surface area contributed by atoms with E-state index in [2.05, 4.69) is 10.4 Å². The molecule has 0 amide bonds. The lowest BCUT2D eigenvalue weighted by molar-refractivity contribution is 0.271. The van der Waals surface area contributed by atoms with E-state index in [0.717, 1.165) is 22.7 Å². The van der Waals surface area contributed by atoms with Gasteiger partial charge in [-0.2, -0.15) is 5.10 Å². The van der Waals surface area contributed by atoms with Crippen LogP contribution in [0, 0.1) is 6.92 Å². The van der Waals surface area contributed by atoms with Crippen molar-refractivity contribution < 1.29 is 14.6 Å². The average Bonchev–Trinajstić information content (AvgIpc) is 2.78. The van der Waals surface area contributed by atoms with Crippen LogP contribution in [-0.4, -0.2) is 35.7 Å². The van der Waals surface area contributed by atoms with E-state index in [1.807, 2.05) is 38.2 Å². The second-order valence-electron chi connectivity index (χ2n) is 4.74. The maximum absolute atomic E-state index is 9.73. The van der Waals surface area contributed by atoms with E-state index in [9.17, 15) is 5.11 Å². The molecule has 0 aliphatic heterocycles. The summed E-state index contributed by atoms with van der Waals surface area (Å²) >= 11 is 0. The van der Waals surface area contributed by atoms with E-state index in [4.69, 9.17) is 9.47 Å². The third-order valence-electron chi connectivity index (χ3n) is 3.35. The Hall–Kier alpha value is -2.21. The van der Waals surface area contributed by atoms with E-state index in [0.29, 0.717) is 5.88 Å². The minimum atomic E-state index is -0.305. The molecule has 6 heteroatoms. The van der Waals surface area contributed by atoms with Gasteiger partial charge in [0.15, 0.2) is 0 Å². The molecule has 1 aromatic heterocycles. The van der Waals surface area contributed by atoms with Gasteiger partial charge in [0.25, 0.3) is 0 Å². The lowest BCUT2D eigenvalue weighted by Crippen LogP contribution is -2.16. The molecule has 0 fully saturated rings. The molecule has 1 atom stereocenters. The summed E-state index contributed by atoms with van der Waals surface area (Å²) in [6.45, 7) is 1.83. The lowest BCUT2D eigenvalue weighted by Gasteiger charge is -2.19. The fourth-order valence-electron chi connectivity index (χ4n) is 2.42. The Bertz CT molecular complexity index is 610. The number of anilines is 1. The largest absolute Gasteiger partial charge is 0.497 e. The maximum Gasteiger partial charge on any atom is 0.216 e. The number of hydrogen-bond donors (Lipinski definition) is 2. The van der Waals surface area contributed by atoms with Gasteiger partial charge < -0.3 is 19.9 Å². The molecule has 0 aliphatic carbocycles. The molecule has 114 valence electrons. The summed E-state index contributed by atoms with van der Waals surface area (Å²) in [6, 6.07) is 7.25. The number of benzene rings is 1. The van der Waals surface area contributed by atoms with Gasteiger partial charge in [0, 0.05) is 18.8 Å². The molecule has 0 bridgehead atoms. The monoisotopic (exact) mass is 291 g/mol. The number of aliphatic hydroxyl groups is 1. The zero-order valence-electron chi connectivity index (χ0n) is 12.8. The molecule has 1 heterocycles. The normalized spacial score (nSPS) is 12.0. The van der Waals surface area contributed by atoms with E-state index in [1.54, 1.807) is 18.9 Å². The van der Waals surface area contributed by atoms with Gasteiger partial charge in [-0.3, -0.25) is 0 Å². The summed E-state index contributed by atoms with van der Waals surface area (Å²) in [5, 5.41) is 17.4. The lowest BCUT2D eigenvalue weighted by atomic mass is 10.1. The Kier molecular flexibility index (Phi) is 4.70. The van der Waals surface area contributed by atoms with Gasteiger partial charge in [0.2, 0.25) is 5.88 Å². The standard InChI is InChI=1S/C15H21N3O3/c1-10-14(15(21-4)18(2)17-10)13(9-19)16-11-6-5-7-12(8-11)20-3/h5-8,13,16,19H,9H2,1-4H3. The van der Waals surface area contributed by atoms with E-state index >= 15 is 0 Å². The second kappa shape index (κ2) is 6.49. The van der Waals surface area contributed by atoms with E-state index < -0.39 is 0 Å². The highest BCUT2D eigenvalue weighted by atomic mass is 16.5. The number of aliphatic hydroxyl groups excluding tert-OH is 1. The van der Waals surface area contributed by atoms with Crippen LogP contribution in [0.4, 0.5) is 5.69 Å². The highest BCUT2D eigenvalue weighted by molar-refractivity contribution is 5.51. The number of nitrogens with one attached hydrogen (secondary N) is 1. The molecular weight excluding hydrogens is 270 g/mol. The highest BCUT2D eigenvalue weighted by Gasteiger charge is 2.22. The van der Waals surface area contributed by atoms with Crippen LogP contribution < -0.4 is 14.8 Å². The van der Waals surface area contributed by atoms with Gasteiger partial charge in [-0.15, -0.1) is 0 Å². The van der Waals surface area contributed by atoms with Crippen LogP contribution in [0.5, 0.6) is 11.6 Å². The predicted octanol–water partition coefficient (Wildman–Crippen LogP) is 1.89. The Labute approximate surface area is 124 Å². The minimum absolute atomic E-state index is 0.0693. The highest BCUT2D eigenvalue weighted by Crippen LogP contribution is 2.31. The van der Waals surface area contributed by atoms with Crippen LogP contribution in [0.1, 0.15) is 17.3 Å². The third kappa shape index (κ3) is 3.11. The first-order valence-electron chi connectivity index (χ1n) is 6.69. The number of hydrogen-bond acceptors (Lipinski definition) is 5. The predicted molar refractivity (Wildman–Crippen MR) is 80.9 cm³/mol. The molecule has 2 aromatic rings. The van der Waals surface area contributed by atoms with Crippen molar-refractivity contribution in [3.8, 4) is 11.6 Å². The quantitative estimate of drug-likeness (QED) is 0.850. The molecule has 2 N–H and O–H groups in total. The summed E-state index contributed by atoms with van der Waals surface area (Å²) in [6.07, 6.45) is 0. The summed E-state index contributed by atoms with van der Waals surface area (Å²) in [5.41, 5.74) is 2.54. The van der Waals surface area contributed by atoms with E-state index in [1.165, 1.54) is 0 Å². The molecule has 0 saturated heterocycles. The number of nitrogens with zero attached hydrogens (tertiary/aromatic N) is 2. The minimum Gasteiger partial charge on any atom is -0.497 e. The van der Waals surface area contributed by atoms with Crippen molar-refractivity contribution in [2.24, 2.45) is 7.05 Å². The smallest absolute Gasteiger partial charge is 0.216 e. The SMILES string of the molecule is COc1cccc(NC(CO)c2c(C)nn(C)c2OC)c1. The van der Waals surface area contributed by atoms with Crippen molar-refractivity contribution in [1.29, 1.82) is 0 Å². The Morgan fingerprint density at radius 2 is 2.10 bits per heavy atom. The molecule has 0 aliphatic rings. The van der Waals surface area contributed by atoms with Crippen LogP contribution >= 0.6 is 0 Å². The summed E-state index contributed by atoms with van der Waals surface area (Å²) in [7, 11) is 5.03. The number of methoxy groups -OCH3 is 2. The van der Waals surface area contributed by atoms with Gasteiger partial charge in [-0.25, -0.2) is 4.68 Å². The van der Waals surface area contributed by atoms with Crippen LogP contribution in [-0.2, 0) is 7.05 Å². The van der Waals surface area contributed by atoms with Gasteiger partial charge in [-0.05, 0) is 19.1 Å². The Morgan fingerprint density at radius 3 is 2.71 bits per heavy atom. The number of rotatable bonds is 6. The number of aromatic nitrogens is 2. The molecule has 2 rings (SSSR count). The van der Waals surface area contributed by atoms with Gasteiger partial charge >= 0.3 is 0 Å². The van der Waals surface area contributed by atoms with Crippen molar-refractivity contribution in [2.45, 2.75) is 13.0 Å². The first-order valence-corrected chi connectivity index (χ1v) is 6.69. The zero-order valence-corrected chi connectivity index (χ0v) is 12.8. The number of aryl methyl sites for hydroxylation is 2. The first-order chi connectivity index (χ1) is 10.1. The molecule has 0 spiro atoms. The molecule has 6 nitrogen and oxygen atoms in total. The van der Waals surface area contributed by atoms with Crippen LogP contribution in [0.15, 0.2) is 24.3 Å². The molecule has 1 aromatic carbocycles. The third-order valence-corrected chi connectivity index (χ3v) is 3.35. The zero-order chi connectivity index (χ0) is 15.4. The average molecular weight is 291 g/mol. The van der Waals surface area contributed by atoms with Crippen LogP contribution in [0.25, 0.3) is 0 Å². The second-order valence-corrected chi connectivity index (χ2v) is 4.74. The van der Waals surface area contributed by atoms with Crippen LogP contribution in [0.2, 0.25) is 0 Å². The molecule has 0 saturated carbocycles. The summed E-state index contributed by atoms with van der Waals surface area (Å²) < 4.78 is 12.3. The van der Waals surface area contributed by atoms with E-state index in [-0.39, 0.29) is 12.6 Å².